The molecule has 5 nitrogen and oxygen atoms in total. The van der Waals surface area contributed by atoms with E-state index in [0.29, 0.717) is 11.8 Å². The Bertz CT molecular complexity index is 320. The largest absolute Gasteiger partial charge is 0.346 e. The van der Waals surface area contributed by atoms with Crippen LogP contribution in [0.4, 0.5) is 17.6 Å². The molecule has 1 aliphatic heterocycles. The van der Waals surface area contributed by atoms with Gasteiger partial charge in [-0.3, -0.25) is 0 Å². The molecule has 0 atom stereocenters. The third-order valence-electron chi connectivity index (χ3n) is 2.67. The summed E-state index contributed by atoms with van der Waals surface area (Å²) < 4.78 is 1.68. The number of nitrogen functional groups attached to an aromatic ring is 2. The molecular formula is C9H16N5+. The van der Waals surface area contributed by atoms with Crippen molar-refractivity contribution in [3.05, 3.63) is 6.07 Å². The van der Waals surface area contributed by atoms with Gasteiger partial charge in [-0.1, -0.05) is 4.98 Å². The third kappa shape index (κ3) is 1.45. The smallest absolute Gasteiger partial charge is 0.346 e. The summed E-state index contributed by atoms with van der Waals surface area (Å²) >= 11 is 0. The maximum atomic E-state index is 5.81. The van der Waals surface area contributed by atoms with Gasteiger partial charge in [-0.2, -0.15) is 0 Å². The first-order valence-corrected chi connectivity index (χ1v) is 4.85. The fraction of sp³-hybridized carbons (Fsp3) is 0.556. The van der Waals surface area contributed by atoms with Crippen molar-refractivity contribution in [2.24, 2.45) is 7.05 Å². The van der Waals surface area contributed by atoms with Gasteiger partial charge in [0.15, 0.2) is 11.6 Å². The summed E-state index contributed by atoms with van der Waals surface area (Å²) in [5.41, 5.74) is 11.5. The molecule has 5 heteroatoms. The van der Waals surface area contributed by atoms with E-state index in [1.54, 1.807) is 4.57 Å². The van der Waals surface area contributed by atoms with Gasteiger partial charge in [0.05, 0.1) is 13.1 Å². The molecule has 0 radical (unpaired) electrons. The molecule has 4 N–H and O–H groups in total. The van der Waals surface area contributed by atoms with Gasteiger partial charge in [0.25, 0.3) is 0 Å². The fourth-order valence-electron chi connectivity index (χ4n) is 1.69. The molecule has 0 saturated carbocycles. The van der Waals surface area contributed by atoms with Crippen LogP contribution in [-0.4, -0.2) is 18.1 Å². The number of hydrogen-bond donors (Lipinski definition) is 2. The predicted octanol–water partition coefficient (Wildman–Crippen LogP) is -0.329. The molecule has 1 aromatic heterocycles. The van der Waals surface area contributed by atoms with Gasteiger partial charge in [0.1, 0.15) is 0 Å². The normalized spacial score (nSPS) is 16.2. The summed E-state index contributed by atoms with van der Waals surface area (Å²) in [7, 11) is 1.81. The van der Waals surface area contributed by atoms with Crippen molar-refractivity contribution in [3.8, 4) is 0 Å². The molecule has 0 spiro atoms. The molecule has 0 aliphatic carbocycles. The van der Waals surface area contributed by atoms with E-state index in [2.05, 4.69) is 9.88 Å². The van der Waals surface area contributed by atoms with Crippen molar-refractivity contribution in [1.82, 2.24) is 4.98 Å². The molecule has 0 unspecified atom stereocenters. The maximum absolute atomic E-state index is 5.81. The van der Waals surface area contributed by atoms with Gasteiger partial charge >= 0.3 is 5.95 Å². The van der Waals surface area contributed by atoms with Crippen molar-refractivity contribution in [3.63, 3.8) is 0 Å². The lowest BCUT2D eigenvalue weighted by Gasteiger charge is -2.14. The summed E-state index contributed by atoms with van der Waals surface area (Å²) in [6.45, 7) is 2.11. The highest BCUT2D eigenvalue weighted by Crippen LogP contribution is 2.18. The van der Waals surface area contributed by atoms with Gasteiger partial charge in [-0.15, -0.1) is 0 Å². The molecular weight excluding hydrogens is 178 g/mol. The monoisotopic (exact) mass is 194 g/mol. The van der Waals surface area contributed by atoms with E-state index < -0.39 is 0 Å². The van der Waals surface area contributed by atoms with Crippen LogP contribution in [0.2, 0.25) is 0 Å². The van der Waals surface area contributed by atoms with Crippen LogP contribution in [0.3, 0.4) is 0 Å². The van der Waals surface area contributed by atoms with Gasteiger partial charge < -0.3 is 16.4 Å². The van der Waals surface area contributed by atoms with Crippen molar-refractivity contribution in [2.45, 2.75) is 12.8 Å². The van der Waals surface area contributed by atoms with Crippen LogP contribution in [-0.2, 0) is 7.05 Å². The van der Waals surface area contributed by atoms with Crippen molar-refractivity contribution >= 4 is 17.6 Å². The summed E-state index contributed by atoms with van der Waals surface area (Å²) in [6, 6.07) is 1.88. The Labute approximate surface area is 83.3 Å². The summed E-state index contributed by atoms with van der Waals surface area (Å²) in [5, 5.41) is 0. The van der Waals surface area contributed by atoms with E-state index in [0.717, 1.165) is 18.9 Å². The van der Waals surface area contributed by atoms with Crippen molar-refractivity contribution in [1.29, 1.82) is 0 Å². The third-order valence-corrected chi connectivity index (χ3v) is 2.67. The topological polar surface area (TPSA) is 72.0 Å². The van der Waals surface area contributed by atoms with Crippen molar-refractivity contribution < 1.29 is 4.57 Å². The number of anilines is 3. The Kier molecular flexibility index (Phi) is 2.15. The lowest BCUT2D eigenvalue weighted by Crippen LogP contribution is -2.38. The minimum atomic E-state index is 0.465. The zero-order chi connectivity index (χ0) is 10.1. The highest BCUT2D eigenvalue weighted by atomic mass is 15.2. The molecule has 1 saturated heterocycles. The minimum Gasteiger partial charge on any atom is -0.346 e. The first kappa shape index (κ1) is 9.05. The van der Waals surface area contributed by atoms with E-state index in [1.165, 1.54) is 12.8 Å². The van der Waals surface area contributed by atoms with E-state index >= 15 is 0 Å². The zero-order valence-corrected chi connectivity index (χ0v) is 8.40. The highest BCUT2D eigenvalue weighted by molar-refractivity contribution is 5.47. The number of hydrogen-bond acceptors (Lipinski definition) is 4. The summed E-state index contributed by atoms with van der Waals surface area (Å²) in [4.78, 5) is 6.52. The van der Waals surface area contributed by atoms with Crippen LogP contribution in [0.5, 0.6) is 0 Å². The molecule has 0 amide bonds. The van der Waals surface area contributed by atoms with Crippen LogP contribution < -0.4 is 20.9 Å². The lowest BCUT2D eigenvalue weighted by atomic mass is 10.4. The highest BCUT2D eigenvalue weighted by Gasteiger charge is 2.18. The fourth-order valence-corrected chi connectivity index (χ4v) is 1.69. The number of nitrogens with two attached hydrogens (primary N) is 2. The van der Waals surface area contributed by atoms with E-state index in [-0.39, 0.29) is 0 Å². The Morgan fingerprint density at radius 2 is 2.00 bits per heavy atom. The second-order valence-electron chi connectivity index (χ2n) is 3.65. The Balaban J connectivity index is 2.34. The molecule has 14 heavy (non-hydrogen) atoms. The molecule has 2 rings (SSSR count). The van der Waals surface area contributed by atoms with Crippen LogP contribution in [0.15, 0.2) is 6.07 Å². The predicted molar refractivity (Wildman–Crippen MR) is 55.7 cm³/mol. The first-order chi connectivity index (χ1) is 6.68. The standard InChI is InChI=1S/C9H15N5/c1-13-7(10)6-8(12-9(13)11)14-4-2-3-5-14/h6H,2-5H2,1H3,(H3,10,11,12)/p+1. The van der Waals surface area contributed by atoms with Crippen LogP contribution in [0.1, 0.15) is 12.8 Å². The molecule has 0 bridgehead atoms. The minimum absolute atomic E-state index is 0.465. The number of aromatic nitrogens is 2. The average molecular weight is 194 g/mol. The average Bonchev–Trinajstić information content (AvgIpc) is 2.66. The maximum Gasteiger partial charge on any atom is 0.346 e. The molecule has 2 heterocycles. The number of rotatable bonds is 1. The summed E-state index contributed by atoms with van der Waals surface area (Å²) in [5.74, 6) is 2.02. The van der Waals surface area contributed by atoms with E-state index in [1.807, 2.05) is 13.1 Å². The second kappa shape index (κ2) is 3.32. The van der Waals surface area contributed by atoms with Gasteiger partial charge in [-0.25, -0.2) is 4.57 Å². The Morgan fingerprint density at radius 3 is 2.57 bits per heavy atom. The molecule has 76 valence electrons. The first-order valence-electron chi connectivity index (χ1n) is 4.85. The Hall–Kier alpha value is -1.52. The van der Waals surface area contributed by atoms with Crippen LogP contribution in [0.25, 0.3) is 0 Å². The van der Waals surface area contributed by atoms with Gasteiger partial charge in [0.2, 0.25) is 0 Å². The van der Waals surface area contributed by atoms with Gasteiger partial charge in [0, 0.05) is 13.1 Å². The van der Waals surface area contributed by atoms with Gasteiger partial charge in [-0.05, 0) is 12.8 Å². The zero-order valence-electron chi connectivity index (χ0n) is 8.40. The Morgan fingerprint density at radius 1 is 1.36 bits per heavy atom. The van der Waals surface area contributed by atoms with Crippen LogP contribution in [0, 0.1) is 0 Å². The van der Waals surface area contributed by atoms with Crippen molar-refractivity contribution in [2.75, 3.05) is 29.5 Å². The number of nitrogens with zero attached hydrogens (tertiary/aromatic N) is 3. The summed E-state index contributed by atoms with van der Waals surface area (Å²) in [6.07, 6.45) is 2.45. The van der Waals surface area contributed by atoms with E-state index in [9.17, 15) is 0 Å². The molecule has 1 aliphatic rings. The second-order valence-corrected chi connectivity index (χ2v) is 3.65. The molecule has 1 fully saturated rings. The SMILES string of the molecule is C[n+]1c(N)cc(N2CCCC2)nc1N. The lowest BCUT2D eigenvalue weighted by molar-refractivity contribution is -0.644. The van der Waals surface area contributed by atoms with Crippen LogP contribution >= 0.6 is 0 Å². The molecule has 1 aromatic rings. The molecule has 0 aromatic carbocycles. The quantitative estimate of drug-likeness (QED) is 0.600. The van der Waals surface area contributed by atoms with E-state index in [4.69, 9.17) is 11.5 Å².